The molecule has 0 radical (unpaired) electrons. The summed E-state index contributed by atoms with van der Waals surface area (Å²) in [5, 5.41) is 0. The average molecular weight is 992 g/mol. The standard InChI is InChI=1S/C23H10F34N2O2/c24-8(25,10(28,29)12(32,33)14(36,37)16(40,41)18(44,45)20(48,49)22(52,53)54)6(60)58-2-1-3-59(5-4-58)7(61)9(26,27)11(30,31)13(34,35)15(38,39)17(42,43)19(46,47)21(50,51)23(55,56)57/h1-5H2. The van der Waals surface area contributed by atoms with Gasteiger partial charge in [0.25, 0.3) is 11.8 Å². The quantitative estimate of drug-likeness (QED) is 0.163. The van der Waals surface area contributed by atoms with Crippen LogP contribution in [0.4, 0.5) is 149 Å². The Bertz CT molecular complexity index is 1520. The van der Waals surface area contributed by atoms with E-state index in [0.717, 1.165) is 0 Å². The third-order valence-corrected chi connectivity index (χ3v) is 8.05. The summed E-state index contributed by atoms with van der Waals surface area (Å²) < 4.78 is 459. The highest BCUT2D eigenvalue weighted by molar-refractivity contribution is 5.86. The molecule has 0 bridgehead atoms. The summed E-state index contributed by atoms with van der Waals surface area (Å²) in [6.45, 7) is -9.25. The first-order valence-electron chi connectivity index (χ1n) is 14.0. The molecule has 1 rings (SSSR count). The fourth-order valence-electron chi connectivity index (χ4n) is 4.32. The highest BCUT2D eigenvalue weighted by Gasteiger charge is 2.97. The Balaban J connectivity index is 3.61. The molecule has 0 N–H and O–H groups in total. The van der Waals surface area contributed by atoms with E-state index >= 15 is 0 Å². The van der Waals surface area contributed by atoms with E-state index in [1.54, 1.807) is 0 Å². The lowest BCUT2D eigenvalue weighted by molar-refractivity contribution is -0.459. The molecule has 362 valence electrons. The summed E-state index contributed by atoms with van der Waals surface area (Å²) in [6, 6.07) is 0. The summed E-state index contributed by atoms with van der Waals surface area (Å²) in [5.41, 5.74) is 0. The highest BCUT2D eigenvalue weighted by Crippen LogP contribution is 2.66. The van der Waals surface area contributed by atoms with Crippen molar-refractivity contribution >= 4 is 11.8 Å². The summed E-state index contributed by atoms with van der Waals surface area (Å²) in [7, 11) is 0. The van der Waals surface area contributed by atoms with E-state index in [4.69, 9.17) is 0 Å². The Morgan fingerprint density at radius 1 is 0.246 bits per heavy atom. The molecular formula is C23H10F34N2O2. The Morgan fingerprint density at radius 3 is 0.590 bits per heavy atom. The SMILES string of the molecule is O=C(N1CCCN(C(=O)C(F)(F)C(F)(F)C(F)(F)C(F)(F)C(F)(F)C(F)(F)C(F)(F)C(F)(F)F)CC1)C(F)(F)C(F)(F)C(F)(F)C(F)(F)C(F)(F)C(F)(F)C(F)(F)C(F)(F)F. The number of rotatable bonds is 14. The van der Waals surface area contributed by atoms with Crippen molar-refractivity contribution in [2.24, 2.45) is 0 Å². The second kappa shape index (κ2) is 14.5. The van der Waals surface area contributed by atoms with Crippen molar-refractivity contribution in [2.45, 2.75) is 102 Å². The molecule has 0 aromatic carbocycles. The topological polar surface area (TPSA) is 40.6 Å². The molecule has 0 spiro atoms. The first-order valence-corrected chi connectivity index (χ1v) is 14.0. The second-order valence-electron chi connectivity index (χ2n) is 12.0. The zero-order valence-corrected chi connectivity index (χ0v) is 27.1. The highest BCUT2D eigenvalue weighted by atomic mass is 19.4. The number of halogens is 34. The van der Waals surface area contributed by atoms with Gasteiger partial charge in [0.15, 0.2) is 0 Å². The van der Waals surface area contributed by atoms with E-state index in [1.807, 2.05) is 0 Å². The van der Waals surface area contributed by atoms with Gasteiger partial charge in [0.05, 0.1) is 0 Å². The number of carbonyl (C=O) groups is 2. The molecule has 0 aromatic rings. The van der Waals surface area contributed by atoms with Gasteiger partial charge in [0, 0.05) is 26.2 Å². The maximum absolute atomic E-state index is 14.4. The minimum absolute atomic E-state index is 1.36. The van der Waals surface area contributed by atoms with Gasteiger partial charge in [-0.05, 0) is 6.42 Å². The zero-order valence-electron chi connectivity index (χ0n) is 27.1. The fraction of sp³-hybridized carbons (Fsp3) is 0.913. The monoisotopic (exact) mass is 992 g/mol. The third-order valence-electron chi connectivity index (χ3n) is 8.05. The van der Waals surface area contributed by atoms with Crippen LogP contribution >= 0.6 is 0 Å². The largest absolute Gasteiger partial charge is 0.460 e. The lowest BCUT2D eigenvalue weighted by Gasteiger charge is -2.43. The van der Waals surface area contributed by atoms with E-state index in [2.05, 4.69) is 0 Å². The van der Waals surface area contributed by atoms with Crippen LogP contribution in [0.2, 0.25) is 0 Å². The van der Waals surface area contributed by atoms with Crippen LogP contribution in [-0.2, 0) is 9.59 Å². The van der Waals surface area contributed by atoms with Gasteiger partial charge in [-0.3, -0.25) is 9.59 Å². The van der Waals surface area contributed by atoms with Crippen LogP contribution in [0.25, 0.3) is 0 Å². The van der Waals surface area contributed by atoms with Gasteiger partial charge >= 0.3 is 95.3 Å². The Morgan fingerprint density at radius 2 is 0.410 bits per heavy atom. The summed E-state index contributed by atoms with van der Waals surface area (Å²) >= 11 is 0. The third kappa shape index (κ3) is 7.14. The zero-order chi connectivity index (χ0) is 49.8. The number of carbonyl (C=O) groups excluding carboxylic acids is 2. The smallest absolute Gasteiger partial charge is 0.335 e. The van der Waals surface area contributed by atoms with E-state index in [-0.39, 0.29) is 0 Å². The molecule has 1 fully saturated rings. The molecule has 2 amide bonds. The molecule has 0 aliphatic carbocycles. The summed E-state index contributed by atoms with van der Waals surface area (Å²) in [6.07, 6.45) is -18.2. The Hall–Kier alpha value is -3.44. The van der Waals surface area contributed by atoms with Crippen LogP contribution in [0.5, 0.6) is 0 Å². The molecule has 38 heteroatoms. The van der Waals surface area contributed by atoms with Gasteiger partial charge < -0.3 is 9.80 Å². The number of hydrogen-bond donors (Lipinski definition) is 0. The van der Waals surface area contributed by atoms with E-state index in [1.165, 1.54) is 0 Å². The molecule has 1 aliphatic heterocycles. The van der Waals surface area contributed by atoms with Crippen LogP contribution in [0, 0.1) is 0 Å². The summed E-state index contributed by atoms with van der Waals surface area (Å²) in [5.74, 6) is -132. The van der Waals surface area contributed by atoms with Gasteiger partial charge in [-0.25, -0.2) is 0 Å². The molecule has 4 nitrogen and oxygen atoms in total. The normalized spacial score (nSPS) is 18.1. The van der Waals surface area contributed by atoms with Crippen LogP contribution in [0.15, 0.2) is 0 Å². The van der Waals surface area contributed by atoms with E-state index in [9.17, 15) is 159 Å². The van der Waals surface area contributed by atoms with Crippen molar-refractivity contribution in [1.82, 2.24) is 9.80 Å². The number of amides is 2. The molecular weight excluding hydrogens is 982 g/mol. The molecule has 1 heterocycles. The maximum atomic E-state index is 14.4. The predicted octanol–water partition coefficient (Wildman–Crippen LogP) is 10.1. The first-order chi connectivity index (χ1) is 26.0. The van der Waals surface area contributed by atoms with Crippen molar-refractivity contribution in [3.63, 3.8) is 0 Å². The van der Waals surface area contributed by atoms with Crippen LogP contribution in [0.1, 0.15) is 6.42 Å². The molecule has 1 saturated heterocycles. The fourth-order valence-corrected chi connectivity index (χ4v) is 4.32. The van der Waals surface area contributed by atoms with Gasteiger partial charge in [-0.1, -0.05) is 0 Å². The second-order valence-corrected chi connectivity index (χ2v) is 12.0. The van der Waals surface area contributed by atoms with Crippen molar-refractivity contribution in [2.75, 3.05) is 26.2 Å². The average Bonchev–Trinajstić information content (AvgIpc) is 3.31. The van der Waals surface area contributed by atoms with Gasteiger partial charge in [-0.15, -0.1) is 0 Å². The molecule has 0 unspecified atom stereocenters. The molecule has 0 atom stereocenters. The minimum Gasteiger partial charge on any atom is -0.335 e. The van der Waals surface area contributed by atoms with Crippen LogP contribution < -0.4 is 0 Å². The molecule has 1 aliphatic rings. The van der Waals surface area contributed by atoms with Crippen molar-refractivity contribution in [1.29, 1.82) is 0 Å². The molecule has 0 saturated carbocycles. The van der Waals surface area contributed by atoms with E-state index in [0.29, 0.717) is 0 Å². The number of nitrogens with zero attached hydrogens (tertiary/aromatic N) is 2. The predicted molar refractivity (Wildman–Crippen MR) is 119 cm³/mol. The van der Waals surface area contributed by atoms with Gasteiger partial charge in [0.1, 0.15) is 0 Å². The van der Waals surface area contributed by atoms with Gasteiger partial charge in [-0.2, -0.15) is 149 Å². The number of alkyl halides is 34. The molecule has 61 heavy (non-hydrogen) atoms. The van der Waals surface area contributed by atoms with Crippen molar-refractivity contribution in [3.05, 3.63) is 0 Å². The van der Waals surface area contributed by atoms with Crippen molar-refractivity contribution < 1.29 is 159 Å². The van der Waals surface area contributed by atoms with Gasteiger partial charge in [0.2, 0.25) is 0 Å². The molecule has 0 aromatic heterocycles. The number of hydrogen-bond acceptors (Lipinski definition) is 2. The lowest BCUT2D eigenvalue weighted by Crippen LogP contribution is -2.75. The van der Waals surface area contributed by atoms with Crippen molar-refractivity contribution in [3.8, 4) is 0 Å². The summed E-state index contributed by atoms with van der Waals surface area (Å²) in [4.78, 5) is 21.3. The maximum Gasteiger partial charge on any atom is 0.460 e. The first kappa shape index (κ1) is 55.6. The minimum atomic E-state index is -9.23. The van der Waals surface area contributed by atoms with Crippen LogP contribution in [-0.4, -0.2) is 143 Å². The van der Waals surface area contributed by atoms with Crippen LogP contribution in [0.3, 0.4) is 0 Å². The Labute approximate surface area is 309 Å². The lowest BCUT2D eigenvalue weighted by atomic mass is 9.88. The Kier molecular flexibility index (Phi) is 13.3. The van der Waals surface area contributed by atoms with E-state index < -0.39 is 149 Å².